The molecule has 3 atom stereocenters. The fraction of sp³-hybridized carbons (Fsp3) is 0.667. The van der Waals surface area contributed by atoms with Gasteiger partial charge in [-0.15, -0.1) is 0 Å². The van der Waals surface area contributed by atoms with Crippen molar-refractivity contribution in [3.05, 3.63) is 29.8 Å². The van der Waals surface area contributed by atoms with Gasteiger partial charge >= 0.3 is 0 Å². The van der Waals surface area contributed by atoms with Crippen LogP contribution in [0.2, 0.25) is 0 Å². The molecule has 2 fully saturated rings. The summed E-state index contributed by atoms with van der Waals surface area (Å²) >= 11 is 0. The number of nitrogens with one attached hydrogen (secondary N) is 1. The van der Waals surface area contributed by atoms with E-state index in [1.54, 1.807) is 12.1 Å². The molecule has 6 nitrogen and oxygen atoms in total. The molecule has 28 heavy (non-hydrogen) atoms. The lowest BCUT2D eigenvalue weighted by Gasteiger charge is -2.36. The minimum atomic E-state index is -3.46. The molecule has 1 heterocycles. The van der Waals surface area contributed by atoms with Crippen molar-refractivity contribution in [1.29, 1.82) is 0 Å². The average molecular weight is 408 g/mol. The van der Waals surface area contributed by atoms with E-state index in [9.17, 15) is 13.2 Å². The van der Waals surface area contributed by atoms with Gasteiger partial charge < -0.3 is 5.32 Å². The molecule has 1 aliphatic carbocycles. The normalized spacial score (nSPS) is 27.5. The summed E-state index contributed by atoms with van der Waals surface area (Å²) < 4.78 is 27.1. The van der Waals surface area contributed by atoms with Crippen LogP contribution in [0.15, 0.2) is 29.2 Å². The Morgan fingerprint density at radius 3 is 2.36 bits per heavy atom. The van der Waals surface area contributed by atoms with Crippen LogP contribution < -0.4 is 5.32 Å². The second-order valence-electron chi connectivity index (χ2n) is 8.43. The first-order valence-corrected chi connectivity index (χ1v) is 11.8. The maximum absolute atomic E-state index is 12.8. The van der Waals surface area contributed by atoms with Crippen LogP contribution in [0.1, 0.15) is 38.7 Å². The van der Waals surface area contributed by atoms with E-state index in [2.05, 4.69) is 19.2 Å². The fourth-order valence-corrected chi connectivity index (χ4v) is 5.65. The molecule has 156 valence electrons. The molecule has 1 aromatic carbocycles. The largest absolute Gasteiger partial charge is 0.352 e. The van der Waals surface area contributed by atoms with E-state index in [1.807, 2.05) is 24.0 Å². The van der Waals surface area contributed by atoms with Gasteiger partial charge in [0.15, 0.2) is 0 Å². The highest BCUT2D eigenvalue weighted by Crippen LogP contribution is 2.29. The number of carbonyl (C=O) groups excluding carboxylic acids is 1. The zero-order chi connectivity index (χ0) is 20.3. The first-order chi connectivity index (χ1) is 13.3. The Bertz CT molecular complexity index is 771. The summed E-state index contributed by atoms with van der Waals surface area (Å²) in [7, 11) is -3.46. The monoisotopic (exact) mass is 407 g/mol. The van der Waals surface area contributed by atoms with Gasteiger partial charge in [-0.25, -0.2) is 8.42 Å². The minimum absolute atomic E-state index is 0.0563. The number of benzene rings is 1. The van der Waals surface area contributed by atoms with Crippen molar-refractivity contribution < 1.29 is 13.2 Å². The van der Waals surface area contributed by atoms with Gasteiger partial charge in [-0.05, 0) is 37.3 Å². The summed E-state index contributed by atoms with van der Waals surface area (Å²) in [5, 5.41) is 3.21. The highest BCUT2D eigenvalue weighted by atomic mass is 32.2. The Kier molecular flexibility index (Phi) is 6.78. The van der Waals surface area contributed by atoms with E-state index in [0.717, 1.165) is 12.0 Å². The zero-order valence-corrected chi connectivity index (χ0v) is 18.0. The Balaban J connectivity index is 1.50. The van der Waals surface area contributed by atoms with E-state index >= 15 is 0 Å². The Morgan fingerprint density at radius 1 is 1.07 bits per heavy atom. The summed E-state index contributed by atoms with van der Waals surface area (Å²) in [6.45, 7) is 8.76. The smallest absolute Gasteiger partial charge is 0.243 e. The number of hydrogen-bond donors (Lipinski definition) is 1. The molecule has 7 heteroatoms. The summed E-state index contributed by atoms with van der Waals surface area (Å²) in [6, 6.07) is 7.23. The van der Waals surface area contributed by atoms with Crippen LogP contribution in [0.3, 0.4) is 0 Å². The van der Waals surface area contributed by atoms with E-state index in [-0.39, 0.29) is 11.9 Å². The second kappa shape index (κ2) is 8.93. The average Bonchev–Trinajstić information content (AvgIpc) is 2.66. The number of sulfonamides is 1. The lowest BCUT2D eigenvalue weighted by Crippen LogP contribution is -2.52. The number of carbonyl (C=O) groups is 1. The summed E-state index contributed by atoms with van der Waals surface area (Å²) in [5.74, 6) is 1.21. The Morgan fingerprint density at radius 2 is 1.71 bits per heavy atom. The predicted octanol–water partition coefficient (Wildman–Crippen LogP) is 2.24. The van der Waals surface area contributed by atoms with Gasteiger partial charge in [0.25, 0.3) is 0 Å². The number of aryl methyl sites for hydroxylation is 1. The minimum Gasteiger partial charge on any atom is -0.352 e. The van der Waals surface area contributed by atoms with Gasteiger partial charge in [0.05, 0.1) is 11.4 Å². The van der Waals surface area contributed by atoms with Gasteiger partial charge in [0.1, 0.15) is 0 Å². The first-order valence-electron chi connectivity index (χ1n) is 10.4. The van der Waals surface area contributed by atoms with E-state index in [0.29, 0.717) is 49.5 Å². The number of amides is 1. The molecule has 1 amide bonds. The van der Waals surface area contributed by atoms with Crippen LogP contribution in [0.5, 0.6) is 0 Å². The van der Waals surface area contributed by atoms with Crippen LogP contribution in [0, 0.1) is 18.8 Å². The third-order valence-electron chi connectivity index (χ3n) is 6.41. The lowest BCUT2D eigenvalue weighted by atomic mass is 9.78. The SMILES string of the molecule is Cc1ccc(S(=O)(=O)N2CCN(CC(=O)N[C@H]3CCC[C@@H](C)[C@@H]3C)CC2)cc1. The Labute approximate surface area is 169 Å². The molecule has 0 unspecified atom stereocenters. The Hall–Kier alpha value is -1.44. The molecule has 2 aliphatic rings. The summed E-state index contributed by atoms with van der Waals surface area (Å²) in [4.78, 5) is 14.9. The second-order valence-corrected chi connectivity index (χ2v) is 10.4. The summed E-state index contributed by atoms with van der Waals surface area (Å²) in [6.07, 6.45) is 3.47. The van der Waals surface area contributed by atoms with Gasteiger partial charge in [-0.3, -0.25) is 9.69 Å². The van der Waals surface area contributed by atoms with Crippen LogP contribution in [-0.4, -0.2) is 62.3 Å². The van der Waals surface area contributed by atoms with Crippen molar-refractivity contribution >= 4 is 15.9 Å². The topological polar surface area (TPSA) is 69.7 Å². The number of rotatable bonds is 5. The molecule has 1 saturated heterocycles. The molecule has 0 aromatic heterocycles. The predicted molar refractivity (Wildman–Crippen MR) is 110 cm³/mol. The maximum atomic E-state index is 12.8. The maximum Gasteiger partial charge on any atom is 0.243 e. The van der Waals surface area contributed by atoms with Crippen molar-refractivity contribution in [2.24, 2.45) is 11.8 Å². The summed E-state index contributed by atoms with van der Waals surface area (Å²) in [5.41, 5.74) is 1.04. The highest BCUT2D eigenvalue weighted by Gasteiger charge is 2.31. The number of nitrogens with zero attached hydrogens (tertiary/aromatic N) is 2. The first kappa shape index (κ1) is 21.3. The van der Waals surface area contributed by atoms with Crippen molar-refractivity contribution in [2.75, 3.05) is 32.7 Å². The van der Waals surface area contributed by atoms with E-state index in [1.165, 1.54) is 17.1 Å². The molecule has 0 bridgehead atoms. The molecule has 1 N–H and O–H groups in total. The lowest BCUT2D eigenvalue weighted by molar-refractivity contribution is -0.124. The van der Waals surface area contributed by atoms with Crippen molar-refractivity contribution in [3.63, 3.8) is 0 Å². The van der Waals surface area contributed by atoms with Crippen LogP contribution in [0.25, 0.3) is 0 Å². The standard InChI is InChI=1S/C21H33N3O3S/c1-16-7-9-19(10-8-16)28(26,27)24-13-11-23(12-14-24)15-21(25)22-20-6-4-5-17(2)18(20)3/h7-10,17-18,20H,4-6,11-15H2,1-3H3,(H,22,25)/t17-,18+,20+/m1/s1. The highest BCUT2D eigenvalue weighted by molar-refractivity contribution is 7.89. The quantitative estimate of drug-likeness (QED) is 0.813. The molecule has 1 aliphatic heterocycles. The molecule has 0 radical (unpaired) electrons. The zero-order valence-electron chi connectivity index (χ0n) is 17.2. The van der Waals surface area contributed by atoms with E-state index in [4.69, 9.17) is 0 Å². The number of piperazine rings is 1. The molecule has 1 aromatic rings. The molecule has 1 saturated carbocycles. The van der Waals surface area contributed by atoms with Gasteiger partial charge in [0, 0.05) is 32.2 Å². The molecular formula is C21H33N3O3S. The van der Waals surface area contributed by atoms with E-state index < -0.39 is 10.0 Å². The van der Waals surface area contributed by atoms with Crippen molar-refractivity contribution in [1.82, 2.24) is 14.5 Å². The molecular weight excluding hydrogens is 374 g/mol. The fourth-order valence-electron chi connectivity index (χ4n) is 4.23. The van der Waals surface area contributed by atoms with Gasteiger partial charge in [-0.1, -0.05) is 44.4 Å². The van der Waals surface area contributed by atoms with Gasteiger partial charge in [-0.2, -0.15) is 4.31 Å². The van der Waals surface area contributed by atoms with Crippen molar-refractivity contribution in [3.8, 4) is 0 Å². The van der Waals surface area contributed by atoms with Crippen molar-refractivity contribution in [2.45, 2.75) is 51.0 Å². The van der Waals surface area contributed by atoms with Crippen LogP contribution in [0.4, 0.5) is 0 Å². The molecule has 0 spiro atoms. The van der Waals surface area contributed by atoms with Crippen LogP contribution in [-0.2, 0) is 14.8 Å². The van der Waals surface area contributed by atoms with Gasteiger partial charge in [0.2, 0.25) is 15.9 Å². The number of hydrogen-bond acceptors (Lipinski definition) is 4. The third-order valence-corrected chi connectivity index (χ3v) is 8.32. The third kappa shape index (κ3) is 4.93. The van der Waals surface area contributed by atoms with Crippen LogP contribution >= 0.6 is 0 Å². The molecule has 3 rings (SSSR count).